The molecule has 2 aromatic rings. The van der Waals surface area contributed by atoms with Gasteiger partial charge in [-0.3, -0.25) is 20.0 Å². The van der Waals surface area contributed by atoms with Crippen LogP contribution >= 0.6 is 0 Å². The summed E-state index contributed by atoms with van der Waals surface area (Å²) in [6.45, 7) is 1.75. The lowest BCUT2D eigenvalue weighted by Gasteiger charge is -2.13. The van der Waals surface area contributed by atoms with Crippen molar-refractivity contribution in [1.29, 1.82) is 0 Å². The minimum atomic E-state index is -0.657. The number of anilines is 1. The van der Waals surface area contributed by atoms with Crippen LogP contribution in [0.25, 0.3) is 0 Å². The number of hydrogen-bond acceptors (Lipinski definition) is 6. The number of rotatable bonds is 5. The Labute approximate surface area is 113 Å². The van der Waals surface area contributed by atoms with E-state index < -0.39 is 10.8 Å². The number of nitro benzene ring substituents is 1. The molecule has 0 saturated carbocycles. The molecule has 9 nitrogen and oxygen atoms in total. The average Bonchev–Trinajstić information content (AvgIpc) is 2.92. The molecule has 0 fully saturated rings. The fourth-order valence-electron chi connectivity index (χ4n) is 1.69. The first-order valence-corrected chi connectivity index (χ1v) is 5.69. The molecule has 104 valence electrons. The highest BCUT2D eigenvalue weighted by molar-refractivity contribution is 5.94. The fraction of sp³-hybridized carbons (Fsp3) is 0.182. The van der Waals surface area contributed by atoms with E-state index >= 15 is 0 Å². The van der Waals surface area contributed by atoms with Crippen molar-refractivity contribution in [3.05, 3.63) is 46.0 Å². The number of nitro groups is 1. The van der Waals surface area contributed by atoms with Crippen LogP contribution in [0.4, 0.5) is 11.4 Å². The van der Waals surface area contributed by atoms with Gasteiger partial charge in [-0.2, -0.15) is 5.10 Å². The second-order valence-electron chi connectivity index (χ2n) is 4.09. The Bertz CT molecular complexity index is 640. The van der Waals surface area contributed by atoms with E-state index in [9.17, 15) is 14.9 Å². The number of nitrogens with zero attached hydrogens (tertiary/aromatic N) is 3. The third kappa shape index (κ3) is 2.71. The Balaban J connectivity index is 2.35. The van der Waals surface area contributed by atoms with Gasteiger partial charge in [-0.25, -0.2) is 4.98 Å². The lowest BCUT2D eigenvalue weighted by Crippen LogP contribution is -2.14. The van der Waals surface area contributed by atoms with Crippen molar-refractivity contribution in [2.24, 2.45) is 5.73 Å². The van der Waals surface area contributed by atoms with Crippen molar-refractivity contribution >= 4 is 17.3 Å². The highest BCUT2D eigenvalue weighted by atomic mass is 16.6. The van der Waals surface area contributed by atoms with Gasteiger partial charge >= 0.3 is 0 Å². The summed E-state index contributed by atoms with van der Waals surface area (Å²) in [5, 5.41) is 20.3. The largest absolute Gasteiger partial charge is 0.370 e. The summed E-state index contributed by atoms with van der Waals surface area (Å²) in [5.41, 5.74) is 5.39. The summed E-state index contributed by atoms with van der Waals surface area (Å²) in [7, 11) is 0. The van der Waals surface area contributed by atoms with E-state index in [1.54, 1.807) is 6.92 Å². The summed E-state index contributed by atoms with van der Waals surface area (Å²) in [6.07, 6.45) is 1.34. The smallest absolute Gasteiger partial charge is 0.292 e. The Morgan fingerprint density at radius 1 is 1.55 bits per heavy atom. The molecule has 4 N–H and O–H groups in total. The third-order valence-electron chi connectivity index (χ3n) is 2.69. The number of nitrogens with two attached hydrogens (primary N) is 1. The van der Waals surface area contributed by atoms with Gasteiger partial charge in [0.2, 0.25) is 5.91 Å². The Kier molecular flexibility index (Phi) is 3.60. The van der Waals surface area contributed by atoms with Crippen LogP contribution < -0.4 is 11.1 Å². The van der Waals surface area contributed by atoms with E-state index in [1.165, 1.54) is 24.5 Å². The zero-order valence-electron chi connectivity index (χ0n) is 10.5. The molecule has 0 spiro atoms. The Morgan fingerprint density at radius 2 is 2.30 bits per heavy atom. The first kappa shape index (κ1) is 13.5. The molecule has 0 bridgehead atoms. The number of carbonyl (C=O) groups excluding carboxylic acids is 1. The lowest BCUT2D eigenvalue weighted by molar-refractivity contribution is -0.384. The van der Waals surface area contributed by atoms with Crippen LogP contribution in [0.3, 0.4) is 0 Å². The molecule has 1 unspecified atom stereocenters. The van der Waals surface area contributed by atoms with E-state index in [0.717, 1.165) is 0 Å². The predicted octanol–water partition coefficient (Wildman–Crippen LogP) is 0.985. The first-order valence-electron chi connectivity index (χ1n) is 5.69. The average molecular weight is 276 g/mol. The molecular weight excluding hydrogens is 264 g/mol. The van der Waals surface area contributed by atoms with E-state index in [-0.39, 0.29) is 23.0 Å². The van der Waals surface area contributed by atoms with E-state index in [1.807, 2.05) is 0 Å². The number of amides is 1. The van der Waals surface area contributed by atoms with E-state index in [4.69, 9.17) is 5.73 Å². The second kappa shape index (κ2) is 5.34. The lowest BCUT2D eigenvalue weighted by atomic mass is 10.1. The molecule has 1 atom stereocenters. The molecule has 0 aliphatic rings. The molecule has 2 rings (SSSR count). The number of aromatic nitrogens is 3. The maximum absolute atomic E-state index is 11.1. The molecular formula is C11H12N6O3. The van der Waals surface area contributed by atoms with Crippen molar-refractivity contribution in [2.45, 2.75) is 13.0 Å². The highest BCUT2D eigenvalue weighted by Gasteiger charge is 2.18. The number of carbonyl (C=O) groups is 1. The van der Waals surface area contributed by atoms with Gasteiger partial charge in [-0.05, 0) is 19.1 Å². The van der Waals surface area contributed by atoms with Gasteiger partial charge < -0.3 is 11.1 Å². The van der Waals surface area contributed by atoms with Gasteiger partial charge in [0.25, 0.3) is 5.69 Å². The molecule has 20 heavy (non-hydrogen) atoms. The summed E-state index contributed by atoms with van der Waals surface area (Å²) >= 11 is 0. The van der Waals surface area contributed by atoms with Crippen molar-refractivity contribution in [3.63, 3.8) is 0 Å². The van der Waals surface area contributed by atoms with Gasteiger partial charge in [0, 0.05) is 11.6 Å². The van der Waals surface area contributed by atoms with Gasteiger partial charge in [-0.15, -0.1) is 0 Å². The molecule has 1 aromatic carbocycles. The fourth-order valence-corrected chi connectivity index (χ4v) is 1.69. The molecule has 9 heteroatoms. The number of nitrogens with one attached hydrogen (secondary N) is 2. The van der Waals surface area contributed by atoms with Gasteiger partial charge in [0.05, 0.1) is 11.0 Å². The van der Waals surface area contributed by atoms with Gasteiger partial charge in [-0.1, -0.05) is 0 Å². The van der Waals surface area contributed by atoms with Crippen molar-refractivity contribution in [2.75, 3.05) is 5.32 Å². The summed E-state index contributed by atoms with van der Waals surface area (Å²) in [6, 6.07) is 3.53. The Hall–Kier alpha value is -2.97. The molecule has 1 heterocycles. The van der Waals surface area contributed by atoms with Crippen LogP contribution in [-0.4, -0.2) is 26.0 Å². The zero-order chi connectivity index (χ0) is 14.7. The van der Waals surface area contributed by atoms with Crippen molar-refractivity contribution < 1.29 is 9.72 Å². The third-order valence-corrected chi connectivity index (χ3v) is 2.69. The minimum absolute atomic E-state index is 0.152. The van der Waals surface area contributed by atoms with E-state index in [0.29, 0.717) is 5.82 Å². The number of primary amides is 1. The maximum Gasteiger partial charge on any atom is 0.292 e. The van der Waals surface area contributed by atoms with Crippen LogP contribution in [-0.2, 0) is 0 Å². The predicted molar refractivity (Wildman–Crippen MR) is 70.0 cm³/mol. The monoisotopic (exact) mass is 276 g/mol. The maximum atomic E-state index is 11.1. The number of hydrogen-bond donors (Lipinski definition) is 3. The van der Waals surface area contributed by atoms with Crippen LogP contribution in [0.5, 0.6) is 0 Å². The van der Waals surface area contributed by atoms with E-state index in [2.05, 4.69) is 20.5 Å². The molecule has 1 amide bonds. The Morgan fingerprint density at radius 3 is 2.85 bits per heavy atom. The zero-order valence-corrected chi connectivity index (χ0v) is 10.5. The standard InChI is InChI=1S/C11H12N6O3/c1-6(11-13-5-14-16-11)15-8-4-7(10(12)18)2-3-9(8)17(19)20/h2-6,15H,1H3,(H2,12,18)(H,13,14,16). The first-order chi connectivity index (χ1) is 9.49. The molecule has 0 aliphatic heterocycles. The highest BCUT2D eigenvalue weighted by Crippen LogP contribution is 2.28. The molecule has 0 aliphatic carbocycles. The topological polar surface area (TPSA) is 140 Å². The summed E-state index contributed by atoms with van der Waals surface area (Å²) in [5.74, 6) is -0.140. The van der Waals surface area contributed by atoms with Gasteiger partial charge in [0.15, 0.2) is 0 Å². The molecule has 0 saturated heterocycles. The van der Waals surface area contributed by atoms with Gasteiger partial charge in [0.1, 0.15) is 17.8 Å². The van der Waals surface area contributed by atoms with Crippen LogP contribution in [0, 0.1) is 10.1 Å². The van der Waals surface area contributed by atoms with Crippen molar-refractivity contribution in [3.8, 4) is 0 Å². The minimum Gasteiger partial charge on any atom is -0.370 e. The van der Waals surface area contributed by atoms with Crippen LogP contribution in [0.1, 0.15) is 29.1 Å². The summed E-state index contributed by atoms with van der Waals surface area (Å²) < 4.78 is 0. The molecule has 1 aromatic heterocycles. The normalized spacial score (nSPS) is 11.8. The van der Waals surface area contributed by atoms with Crippen LogP contribution in [0.2, 0.25) is 0 Å². The number of aromatic amines is 1. The van der Waals surface area contributed by atoms with Crippen LogP contribution in [0.15, 0.2) is 24.5 Å². The second-order valence-corrected chi connectivity index (χ2v) is 4.09. The molecule has 0 radical (unpaired) electrons. The number of benzene rings is 1. The summed E-state index contributed by atoms with van der Waals surface area (Å²) in [4.78, 5) is 25.5. The van der Waals surface area contributed by atoms with Crippen molar-refractivity contribution in [1.82, 2.24) is 15.2 Å². The SMILES string of the molecule is CC(Nc1cc(C(N)=O)ccc1[N+](=O)[O-])c1ncn[nH]1. The quantitative estimate of drug-likeness (QED) is 0.549. The number of H-pyrrole nitrogens is 1.